The Morgan fingerprint density at radius 1 is 1.50 bits per heavy atom. The van der Waals surface area contributed by atoms with Crippen molar-refractivity contribution < 1.29 is 4.74 Å². The highest BCUT2D eigenvalue weighted by Gasteiger charge is 1.89. The zero-order valence-electron chi connectivity index (χ0n) is 6.80. The van der Waals surface area contributed by atoms with E-state index in [0.717, 1.165) is 11.3 Å². The Kier molecular flexibility index (Phi) is 3.69. The van der Waals surface area contributed by atoms with Crippen LogP contribution < -0.4 is 4.74 Å². The molecule has 2 heteroatoms. The normalized spacial score (nSPS) is 8.50. The smallest absolute Gasteiger partial charge is 0.120 e. The van der Waals surface area contributed by atoms with Gasteiger partial charge in [0.15, 0.2) is 0 Å². The van der Waals surface area contributed by atoms with E-state index in [9.17, 15) is 0 Å². The lowest BCUT2D eigenvalue weighted by Gasteiger charge is -1.97. The summed E-state index contributed by atoms with van der Waals surface area (Å²) in [6.45, 7) is 0. The van der Waals surface area contributed by atoms with Gasteiger partial charge in [-0.25, -0.2) is 0 Å². The number of hydrogen-bond donors (Lipinski definition) is 0. The van der Waals surface area contributed by atoms with Crippen LogP contribution in [0, 0.1) is 11.8 Å². The Hall–Kier alpha value is -0.940. The van der Waals surface area contributed by atoms with Crippen molar-refractivity contribution in [1.29, 1.82) is 0 Å². The molecule has 12 heavy (non-hydrogen) atoms. The molecule has 62 valence electrons. The van der Waals surface area contributed by atoms with Crippen LogP contribution in [0.25, 0.3) is 0 Å². The maximum Gasteiger partial charge on any atom is 0.120 e. The highest BCUT2D eigenvalue weighted by atomic mass is 79.9. The molecule has 0 amide bonds. The third-order valence-corrected chi connectivity index (χ3v) is 1.65. The summed E-state index contributed by atoms with van der Waals surface area (Å²) < 4.78 is 5.06. The van der Waals surface area contributed by atoms with Crippen LogP contribution in [0.15, 0.2) is 24.3 Å². The first-order valence-electron chi connectivity index (χ1n) is 3.55. The monoisotopic (exact) mass is 224 g/mol. The van der Waals surface area contributed by atoms with E-state index in [1.165, 1.54) is 0 Å². The van der Waals surface area contributed by atoms with Crippen molar-refractivity contribution in [3.63, 3.8) is 0 Å². The number of alkyl halides is 1. The summed E-state index contributed by atoms with van der Waals surface area (Å²) in [5.41, 5.74) is 0.980. The summed E-state index contributed by atoms with van der Waals surface area (Å²) in [5.74, 6) is 6.76. The fraction of sp³-hybridized carbons (Fsp3) is 0.200. The molecule has 0 fully saturated rings. The summed E-state index contributed by atoms with van der Waals surface area (Å²) in [6.07, 6.45) is 0. The zero-order valence-corrected chi connectivity index (χ0v) is 8.39. The summed E-state index contributed by atoms with van der Waals surface area (Å²) in [7, 11) is 1.65. The second-order valence-electron chi connectivity index (χ2n) is 2.17. The summed E-state index contributed by atoms with van der Waals surface area (Å²) in [5, 5.41) is 0.699. The third-order valence-electron chi connectivity index (χ3n) is 1.37. The number of rotatable bonds is 1. The van der Waals surface area contributed by atoms with Crippen LogP contribution in [0.1, 0.15) is 5.56 Å². The Morgan fingerprint density at radius 3 is 3.00 bits per heavy atom. The largest absolute Gasteiger partial charge is 0.497 e. The van der Waals surface area contributed by atoms with E-state index in [2.05, 4.69) is 27.8 Å². The quantitative estimate of drug-likeness (QED) is 0.526. The second kappa shape index (κ2) is 4.84. The molecule has 0 bridgehead atoms. The van der Waals surface area contributed by atoms with Gasteiger partial charge in [-0.15, -0.1) is 0 Å². The molecule has 0 atom stereocenters. The lowest BCUT2D eigenvalue weighted by Crippen LogP contribution is -1.82. The SMILES string of the molecule is COc1cccc(C#CCBr)c1. The zero-order chi connectivity index (χ0) is 8.81. The van der Waals surface area contributed by atoms with E-state index < -0.39 is 0 Å². The van der Waals surface area contributed by atoms with E-state index in [1.807, 2.05) is 24.3 Å². The van der Waals surface area contributed by atoms with Gasteiger partial charge < -0.3 is 4.74 Å². The van der Waals surface area contributed by atoms with Crippen LogP contribution in [-0.4, -0.2) is 12.4 Å². The van der Waals surface area contributed by atoms with Gasteiger partial charge in [-0.3, -0.25) is 0 Å². The lowest BCUT2D eigenvalue weighted by molar-refractivity contribution is 0.414. The molecule has 0 saturated carbocycles. The minimum atomic E-state index is 0.699. The van der Waals surface area contributed by atoms with Gasteiger partial charge >= 0.3 is 0 Å². The second-order valence-corrected chi connectivity index (χ2v) is 2.73. The Morgan fingerprint density at radius 2 is 2.33 bits per heavy atom. The van der Waals surface area contributed by atoms with E-state index in [4.69, 9.17) is 4.74 Å². The number of ether oxygens (including phenoxy) is 1. The standard InChI is InChI=1S/C10H9BrO/c1-12-10-6-2-4-9(8-10)5-3-7-11/h2,4,6,8H,7H2,1H3. The van der Waals surface area contributed by atoms with Crippen LogP contribution in [-0.2, 0) is 0 Å². The fourth-order valence-corrected chi connectivity index (χ4v) is 0.976. The molecule has 0 radical (unpaired) electrons. The molecule has 0 heterocycles. The topological polar surface area (TPSA) is 9.23 Å². The van der Waals surface area contributed by atoms with Gasteiger partial charge in [0, 0.05) is 5.56 Å². The van der Waals surface area contributed by atoms with Gasteiger partial charge in [-0.2, -0.15) is 0 Å². The first kappa shape index (κ1) is 9.15. The van der Waals surface area contributed by atoms with E-state index in [-0.39, 0.29) is 0 Å². The summed E-state index contributed by atoms with van der Waals surface area (Å²) >= 11 is 3.24. The van der Waals surface area contributed by atoms with Gasteiger partial charge in [-0.05, 0) is 18.2 Å². The van der Waals surface area contributed by atoms with Gasteiger partial charge in [0.1, 0.15) is 5.75 Å². The third kappa shape index (κ3) is 2.60. The lowest BCUT2D eigenvalue weighted by atomic mass is 10.2. The minimum Gasteiger partial charge on any atom is -0.497 e. The molecule has 0 aromatic heterocycles. The van der Waals surface area contributed by atoms with Crippen molar-refractivity contribution in [2.24, 2.45) is 0 Å². The maximum absolute atomic E-state index is 5.06. The maximum atomic E-state index is 5.06. The van der Waals surface area contributed by atoms with Crippen molar-refractivity contribution in [3.8, 4) is 17.6 Å². The number of methoxy groups -OCH3 is 1. The summed E-state index contributed by atoms with van der Waals surface area (Å²) in [4.78, 5) is 0. The molecule has 0 N–H and O–H groups in total. The van der Waals surface area contributed by atoms with Crippen LogP contribution in [0.3, 0.4) is 0 Å². The van der Waals surface area contributed by atoms with Gasteiger partial charge in [0.2, 0.25) is 0 Å². The number of hydrogen-bond acceptors (Lipinski definition) is 1. The van der Waals surface area contributed by atoms with Crippen LogP contribution in [0.2, 0.25) is 0 Å². The predicted octanol–water partition coefficient (Wildman–Crippen LogP) is 2.44. The molecule has 1 aromatic carbocycles. The fourth-order valence-electron chi connectivity index (χ4n) is 0.836. The average Bonchev–Trinajstić information content (AvgIpc) is 2.15. The molecule has 0 aliphatic rings. The van der Waals surface area contributed by atoms with Crippen molar-refractivity contribution in [2.75, 3.05) is 12.4 Å². The van der Waals surface area contributed by atoms with Crippen LogP contribution >= 0.6 is 15.9 Å². The highest BCUT2D eigenvalue weighted by Crippen LogP contribution is 2.11. The molecule has 0 aliphatic carbocycles. The minimum absolute atomic E-state index is 0.699. The summed E-state index contributed by atoms with van der Waals surface area (Å²) in [6, 6.07) is 7.70. The van der Waals surface area contributed by atoms with Crippen LogP contribution in [0.4, 0.5) is 0 Å². The molecule has 1 nitrogen and oxygen atoms in total. The molecule has 0 aliphatic heterocycles. The first-order chi connectivity index (χ1) is 5.86. The van der Waals surface area contributed by atoms with E-state index >= 15 is 0 Å². The van der Waals surface area contributed by atoms with Crippen molar-refractivity contribution in [2.45, 2.75) is 0 Å². The van der Waals surface area contributed by atoms with Crippen molar-refractivity contribution in [3.05, 3.63) is 29.8 Å². The predicted molar refractivity (Wildman–Crippen MR) is 53.7 cm³/mol. The van der Waals surface area contributed by atoms with Gasteiger partial charge in [0.25, 0.3) is 0 Å². The van der Waals surface area contributed by atoms with Gasteiger partial charge in [-0.1, -0.05) is 33.8 Å². The average molecular weight is 225 g/mol. The highest BCUT2D eigenvalue weighted by molar-refractivity contribution is 9.09. The first-order valence-corrected chi connectivity index (χ1v) is 4.68. The molecular formula is C10H9BrO. The van der Waals surface area contributed by atoms with Gasteiger partial charge in [0.05, 0.1) is 12.4 Å². The van der Waals surface area contributed by atoms with E-state index in [0.29, 0.717) is 5.33 Å². The molecule has 0 saturated heterocycles. The molecule has 1 aromatic rings. The molecular weight excluding hydrogens is 216 g/mol. The molecule has 0 unspecified atom stereocenters. The Balaban J connectivity index is 2.86. The number of benzene rings is 1. The molecule has 0 spiro atoms. The molecule has 1 rings (SSSR count). The Bertz CT molecular complexity index is 309. The number of halogens is 1. The van der Waals surface area contributed by atoms with Crippen LogP contribution in [0.5, 0.6) is 5.75 Å². The Labute approximate surface area is 80.9 Å². The van der Waals surface area contributed by atoms with E-state index in [1.54, 1.807) is 7.11 Å². The van der Waals surface area contributed by atoms with Crippen molar-refractivity contribution >= 4 is 15.9 Å². The van der Waals surface area contributed by atoms with Crippen molar-refractivity contribution in [1.82, 2.24) is 0 Å².